The molecule has 0 radical (unpaired) electrons. The van der Waals surface area contributed by atoms with Gasteiger partial charge in [-0.1, -0.05) is 29.5 Å². The molecule has 0 aliphatic heterocycles. The van der Waals surface area contributed by atoms with Crippen LogP contribution in [0.3, 0.4) is 0 Å². The highest BCUT2D eigenvalue weighted by Gasteiger charge is 2.16. The molecule has 3 aromatic rings. The van der Waals surface area contributed by atoms with Crippen LogP contribution in [-0.4, -0.2) is 34.5 Å². The van der Waals surface area contributed by atoms with Gasteiger partial charge in [-0.25, -0.2) is 0 Å². The summed E-state index contributed by atoms with van der Waals surface area (Å²) in [5, 5.41) is 10.6. The van der Waals surface area contributed by atoms with E-state index in [1.165, 1.54) is 0 Å². The number of thiazole rings is 1. The summed E-state index contributed by atoms with van der Waals surface area (Å²) in [6, 6.07) is 9.85. The molecule has 0 N–H and O–H groups in total. The fourth-order valence-corrected chi connectivity index (χ4v) is 4.76. The summed E-state index contributed by atoms with van der Waals surface area (Å²) in [6.45, 7) is 6.41. The van der Waals surface area contributed by atoms with Crippen LogP contribution >= 0.6 is 34.9 Å². The van der Waals surface area contributed by atoms with E-state index in [0.717, 1.165) is 43.5 Å². The van der Waals surface area contributed by atoms with Crippen LogP contribution in [0.5, 0.6) is 5.75 Å². The molecule has 25 heavy (non-hydrogen) atoms. The fourth-order valence-electron chi connectivity index (χ4n) is 2.33. The first-order valence-electron chi connectivity index (χ1n) is 8.03. The van der Waals surface area contributed by atoms with Crippen molar-refractivity contribution in [3.8, 4) is 15.6 Å². The van der Waals surface area contributed by atoms with Gasteiger partial charge in [0, 0.05) is 19.3 Å². The third-order valence-corrected chi connectivity index (χ3v) is 6.72. The Kier molecular flexibility index (Phi) is 5.82. The average molecular weight is 393 g/mol. The Hall–Kier alpha value is -1.77. The second-order valence-corrected chi connectivity index (χ2v) is 8.07. The third-order valence-electron chi connectivity index (χ3n) is 3.93. The Morgan fingerprint density at radius 3 is 2.60 bits per heavy atom. The Bertz CT molecular complexity index is 885. The molecule has 0 amide bonds. The van der Waals surface area contributed by atoms with Gasteiger partial charge in [0.15, 0.2) is 8.96 Å². The SMILES string of the molecule is CCN(CCOc1ccccc1)c1nnc(-c2sc(=S)n(C)c2C)s1. The molecule has 0 saturated carbocycles. The van der Waals surface area contributed by atoms with Gasteiger partial charge < -0.3 is 14.2 Å². The number of hydrogen-bond acceptors (Lipinski definition) is 7. The molecule has 5 nitrogen and oxygen atoms in total. The molecule has 1 aromatic carbocycles. The van der Waals surface area contributed by atoms with E-state index in [1.54, 1.807) is 22.7 Å². The molecular formula is C17H20N4OS3. The van der Waals surface area contributed by atoms with E-state index in [4.69, 9.17) is 17.0 Å². The van der Waals surface area contributed by atoms with Gasteiger partial charge in [0.05, 0.1) is 11.4 Å². The maximum Gasteiger partial charge on any atom is 0.208 e. The Balaban J connectivity index is 1.68. The van der Waals surface area contributed by atoms with Crippen LogP contribution in [-0.2, 0) is 7.05 Å². The number of rotatable bonds is 7. The molecule has 0 aliphatic rings. The van der Waals surface area contributed by atoms with E-state index >= 15 is 0 Å². The molecule has 0 spiro atoms. The molecule has 2 aromatic heterocycles. The Morgan fingerprint density at radius 2 is 1.96 bits per heavy atom. The van der Waals surface area contributed by atoms with Crippen molar-refractivity contribution in [2.45, 2.75) is 13.8 Å². The molecule has 0 fully saturated rings. The predicted molar refractivity (Wildman–Crippen MR) is 108 cm³/mol. The third kappa shape index (κ3) is 4.08. The zero-order valence-electron chi connectivity index (χ0n) is 14.4. The van der Waals surface area contributed by atoms with E-state index in [2.05, 4.69) is 28.9 Å². The highest BCUT2D eigenvalue weighted by atomic mass is 32.1. The summed E-state index contributed by atoms with van der Waals surface area (Å²) in [7, 11) is 1.99. The Morgan fingerprint density at radius 1 is 1.20 bits per heavy atom. The second-order valence-electron chi connectivity index (χ2n) is 5.47. The minimum absolute atomic E-state index is 0.607. The van der Waals surface area contributed by atoms with Crippen molar-refractivity contribution in [1.82, 2.24) is 14.8 Å². The molecule has 3 rings (SSSR count). The first kappa shape index (κ1) is 18.0. The van der Waals surface area contributed by atoms with E-state index in [1.807, 2.05) is 41.9 Å². The van der Waals surface area contributed by atoms with Crippen LogP contribution in [0.1, 0.15) is 12.6 Å². The topological polar surface area (TPSA) is 43.2 Å². The van der Waals surface area contributed by atoms with Crippen LogP contribution in [0.15, 0.2) is 30.3 Å². The lowest BCUT2D eigenvalue weighted by molar-refractivity contribution is 0.324. The summed E-state index contributed by atoms with van der Waals surface area (Å²) in [5.74, 6) is 0.885. The minimum Gasteiger partial charge on any atom is -0.492 e. The zero-order chi connectivity index (χ0) is 17.8. The predicted octanol–water partition coefficient (Wildman–Crippen LogP) is 4.55. The smallest absolute Gasteiger partial charge is 0.208 e. The Labute approximate surface area is 160 Å². The second kappa shape index (κ2) is 8.07. The number of benzene rings is 1. The molecule has 0 saturated heterocycles. The van der Waals surface area contributed by atoms with Crippen molar-refractivity contribution in [3.63, 3.8) is 0 Å². The van der Waals surface area contributed by atoms with Crippen LogP contribution in [0.4, 0.5) is 5.13 Å². The van der Waals surface area contributed by atoms with Gasteiger partial charge in [0.25, 0.3) is 0 Å². The van der Waals surface area contributed by atoms with Gasteiger partial charge in [0.2, 0.25) is 5.13 Å². The summed E-state index contributed by atoms with van der Waals surface area (Å²) in [6.07, 6.45) is 0. The van der Waals surface area contributed by atoms with Gasteiger partial charge in [-0.2, -0.15) is 0 Å². The lowest BCUT2D eigenvalue weighted by atomic mass is 10.3. The van der Waals surface area contributed by atoms with E-state index in [9.17, 15) is 0 Å². The quantitative estimate of drug-likeness (QED) is 0.552. The van der Waals surface area contributed by atoms with Crippen LogP contribution in [0.25, 0.3) is 9.88 Å². The number of aromatic nitrogens is 3. The van der Waals surface area contributed by atoms with Gasteiger partial charge in [-0.15, -0.1) is 21.5 Å². The highest BCUT2D eigenvalue weighted by molar-refractivity contribution is 7.73. The average Bonchev–Trinajstić information content (AvgIpc) is 3.20. The number of anilines is 1. The first-order valence-corrected chi connectivity index (χ1v) is 10.1. The standard InChI is InChI=1S/C17H20N4OS3/c1-4-21(10-11-22-13-8-6-5-7-9-13)16-19-18-15(25-16)14-12(2)20(3)17(23)24-14/h5-9H,4,10-11H2,1-3H3. The molecule has 2 heterocycles. The van der Waals surface area contributed by atoms with Crippen molar-refractivity contribution in [2.75, 3.05) is 24.6 Å². The normalized spacial score (nSPS) is 10.8. The number of likely N-dealkylation sites (N-methyl/N-ethyl adjacent to an activating group) is 1. The van der Waals surface area contributed by atoms with Crippen molar-refractivity contribution < 1.29 is 4.74 Å². The molecule has 0 aliphatic carbocycles. The van der Waals surface area contributed by atoms with Crippen molar-refractivity contribution in [1.29, 1.82) is 0 Å². The molecule has 8 heteroatoms. The maximum absolute atomic E-state index is 5.79. The molecular weight excluding hydrogens is 372 g/mol. The summed E-state index contributed by atoms with van der Waals surface area (Å²) < 4.78 is 8.66. The molecule has 0 atom stereocenters. The van der Waals surface area contributed by atoms with Gasteiger partial charge in [0.1, 0.15) is 12.4 Å². The number of para-hydroxylation sites is 1. The first-order chi connectivity index (χ1) is 12.1. The van der Waals surface area contributed by atoms with Crippen molar-refractivity contribution in [2.24, 2.45) is 7.05 Å². The van der Waals surface area contributed by atoms with Crippen LogP contribution in [0.2, 0.25) is 0 Å². The molecule has 0 bridgehead atoms. The summed E-state index contributed by atoms with van der Waals surface area (Å²) in [4.78, 5) is 3.29. The van der Waals surface area contributed by atoms with Crippen LogP contribution < -0.4 is 9.64 Å². The number of ether oxygens (including phenoxy) is 1. The lowest BCUT2D eigenvalue weighted by Gasteiger charge is -2.19. The van der Waals surface area contributed by atoms with E-state index < -0.39 is 0 Å². The maximum atomic E-state index is 5.79. The summed E-state index contributed by atoms with van der Waals surface area (Å²) >= 11 is 8.54. The minimum atomic E-state index is 0.607. The lowest BCUT2D eigenvalue weighted by Crippen LogP contribution is -2.27. The zero-order valence-corrected chi connectivity index (χ0v) is 16.9. The largest absolute Gasteiger partial charge is 0.492 e. The van der Waals surface area contributed by atoms with Crippen molar-refractivity contribution >= 4 is 40.0 Å². The van der Waals surface area contributed by atoms with Gasteiger partial charge in [-0.05, 0) is 38.2 Å². The number of nitrogens with zero attached hydrogens (tertiary/aromatic N) is 4. The molecule has 0 unspecified atom stereocenters. The fraction of sp³-hybridized carbons (Fsp3) is 0.353. The highest BCUT2D eigenvalue weighted by Crippen LogP contribution is 2.34. The van der Waals surface area contributed by atoms with Crippen molar-refractivity contribution in [3.05, 3.63) is 40.0 Å². The number of hydrogen-bond donors (Lipinski definition) is 0. The molecule has 132 valence electrons. The summed E-state index contributed by atoms with van der Waals surface area (Å²) in [5.41, 5.74) is 1.13. The van der Waals surface area contributed by atoms with Gasteiger partial charge >= 0.3 is 0 Å². The van der Waals surface area contributed by atoms with E-state index in [-0.39, 0.29) is 0 Å². The van der Waals surface area contributed by atoms with Crippen LogP contribution in [0, 0.1) is 10.9 Å². The van der Waals surface area contributed by atoms with E-state index in [0.29, 0.717) is 6.61 Å². The van der Waals surface area contributed by atoms with Gasteiger partial charge in [-0.3, -0.25) is 0 Å². The monoisotopic (exact) mass is 392 g/mol.